The van der Waals surface area contributed by atoms with Gasteiger partial charge in [0.15, 0.2) is 0 Å². The third-order valence-electron chi connectivity index (χ3n) is 4.51. The van der Waals surface area contributed by atoms with E-state index in [-0.39, 0.29) is 5.91 Å². The number of benzene rings is 1. The molecule has 138 valence electrons. The Morgan fingerprint density at radius 2 is 1.93 bits per heavy atom. The predicted octanol–water partition coefficient (Wildman–Crippen LogP) is 3.34. The minimum absolute atomic E-state index is 0.277. The Labute approximate surface area is 157 Å². The van der Waals surface area contributed by atoms with E-state index in [4.69, 9.17) is 4.42 Å². The van der Waals surface area contributed by atoms with E-state index in [1.807, 2.05) is 12.1 Å². The lowest BCUT2D eigenvalue weighted by Gasteiger charge is -2.17. The molecule has 3 heterocycles. The molecule has 0 radical (unpaired) electrons. The first kappa shape index (κ1) is 17.1. The van der Waals surface area contributed by atoms with Crippen molar-refractivity contribution in [2.45, 2.75) is 19.4 Å². The Morgan fingerprint density at radius 1 is 1.11 bits per heavy atom. The van der Waals surface area contributed by atoms with Crippen molar-refractivity contribution in [1.29, 1.82) is 0 Å². The summed E-state index contributed by atoms with van der Waals surface area (Å²) >= 11 is 0. The van der Waals surface area contributed by atoms with Crippen LogP contribution in [0.4, 0.5) is 17.2 Å². The minimum Gasteiger partial charge on any atom is -0.467 e. The van der Waals surface area contributed by atoms with Gasteiger partial charge in [-0.05, 0) is 49.2 Å². The molecule has 3 aromatic rings. The molecule has 0 unspecified atom stereocenters. The second-order valence-electron chi connectivity index (χ2n) is 6.42. The number of nitrogens with one attached hydrogen (secondary N) is 2. The predicted molar refractivity (Wildman–Crippen MR) is 103 cm³/mol. The largest absolute Gasteiger partial charge is 0.467 e. The summed E-state index contributed by atoms with van der Waals surface area (Å²) < 4.78 is 5.21. The molecular formula is C20H21N5O2. The van der Waals surface area contributed by atoms with Crippen LogP contribution in [0.1, 0.15) is 29.1 Å². The maximum absolute atomic E-state index is 12.3. The summed E-state index contributed by atoms with van der Waals surface area (Å²) in [5, 5.41) is 5.99. The summed E-state index contributed by atoms with van der Waals surface area (Å²) in [6.07, 6.45) is 5.46. The number of amides is 1. The van der Waals surface area contributed by atoms with Crippen LogP contribution in [-0.2, 0) is 6.54 Å². The summed E-state index contributed by atoms with van der Waals surface area (Å²) in [5.41, 5.74) is 2.45. The average molecular weight is 363 g/mol. The fourth-order valence-corrected chi connectivity index (χ4v) is 3.10. The standard InChI is InChI=1S/C20H21N5O2/c26-20(21-13-17-4-3-11-27-17)18-12-19(23-14-22-18)24-15-5-7-16(8-6-15)25-9-1-2-10-25/h3-8,11-12,14H,1-2,9-10,13H2,(H,21,26)(H,22,23,24). The van der Waals surface area contributed by atoms with E-state index in [0.717, 1.165) is 18.8 Å². The van der Waals surface area contributed by atoms with Gasteiger partial charge in [0.2, 0.25) is 0 Å². The zero-order valence-electron chi connectivity index (χ0n) is 14.9. The monoisotopic (exact) mass is 363 g/mol. The number of anilines is 3. The van der Waals surface area contributed by atoms with Gasteiger partial charge in [-0.25, -0.2) is 9.97 Å². The molecule has 1 amide bonds. The van der Waals surface area contributed by atoms with Crippen molar-refractivity contribution in [2.75, 3.05) is 23.3 Å². The molecule has 7 nitrogen and oxygen atoms in total. The van der Waals surface area contributed by atoms with E-state index in [0.29, 0.717) is 23.8 Å². The van der Waals surface area contributed by atoms with E-state index in [1.165, 1.54) is 24.9 Å². The number of rotatable bonds is 6. The lowest BCUT2D eigenvalue weighted by Crippen LogP contribution is -2.23. The minimum atomic E-state index is -0.277. The van der Waals surface area contributed by atoms with Gasteiger partial charge in [0.1, 0.15) is 23.6 Å². The van der Waals surface area contributed by atoms with Crippen molar-refractivity contribution in [3.05, 3.63) is 66.5 Å². The highest BCUT2D eigenvalue weighted by atomic mass is 16.3. The van der Waals surface area contributed by atoms with Gasteiger partial charge in [-0.15, -0.1) is 0 Å². The van der Waals surface area contributed by atoms with Gasteiger partial charge in [0, 0.05) is 30.5 Å². The van der Waals surface area contributed by atoms with E-state index in [1.54, 1.807) is 24.5 Å². The van der Waals surface area contributed by atoms with Crippen LogP contribution in [0.3, 0.4) is 0 Å². The molecule has 1 saturated heterocycles. The molecule has 2 N–H and O–H groups in total. The molecule has 1 aromatic carbocycles. The molecule has 1 aliphatic heterocycles. The lowest BCUT2D eigenvalue weighted by atomic mass is 10.2. The molecule has 0 spiro atoms. The fourth-order valence-electron chi connectivity index (χ4n) is 3.10. The van der Waals surface area contributed by atoms with E-state index in [9.17, 15) is 4.79 Å². The summed E-state index contributed by atoms with van der Waals surface area (Å²) in [6.45, 7) is 2.56. The third kappa shape index (κ3) is 4.25. The lowest BCUT2D eigenvalue weighted by molar-refractivity contribution is 0.0943. The van der Waals surface area contributed by atoms with Crippen molar-refractivity contribution < 1.29 is 9.21 Å². The van der Waals surface area contributed by atoms with Crippen LogP contribution >= 0.6 is 0 Å². The van der Waals surface area contributed by atoms with Gasteiger partial charge in [0.25, 0.3) is 5.91 Å². The number of nitrogens with zero attached hydrogens (tertiary/aromatic N) is 3. The Morgan fingerprint density at radius 3 is 2.67 bits per heavy atom. The van der Waals surface area contributed by atoms with Gasteiger partial charge in [0.05, 0.1) is 12.8 Å². The van der Waals surface area contributed by atoms with E-state index < -0.39 is 0 Å². The molecule has 27 heavy (non-hydrogen) atoms. The van der Waals surface area contributed by atoms with Crippen molar-refractivity contribution >= 4 is 23.1 Å². The highest BCUT2D eigenvalue weighted by molar-refractivity contribution is 5.92. The van der Waals surface area contributed by atoms with Gasteiger partial charge in [-0.2, -0.15) is 0 Å². The molecular weight excluding hydrogens is 342 g/mol. The summed E-state index contributed by atoms with van der Waals surface area (Å²) in [7, 11) is 0. The maximum Gasteiger partial charge on any atom is 0.270 e. The van der Waals surface area contributed by atoms with Crippen molar-refractivity contribution in [2.24, 2.45) is 0 Å². The number of carbonyl (C=O) groups is 1. The van der Waals surface area contributed by atoms with Crippen molar-refractivity contribution in [1.82, 2.24) is 15.3 Å². The van der Waals surface area contributed by atoms with Crippen LogP contribution in [0.2, 0.25) is 0 Å². The molecule has 0 atom stereocenters. The zero-order valence-corrected chi connectivity index (χ0v) is 14.9. The third-order valence-corrected chi connectivity index (χ3v) is 4.51. The summed E-state index contributed by atoms with van der Waals surface area (Å²) in [5.74, 6) is 0.983. The first-order valence-electron chi connectivity index (χ1n) is 9.02. The molecule has 1 aliphatic rings. The summed E-state index contributed by atoms with van der Waals surface area (Å²) in [4.78, 5) is 22.9. The van der Waals surface area contributed by atoms with Gasteiger partial charge >= 0.3 is 0 Å². The van der Waals surface area contributed by atoms with Crippen molar-refractivity contribution in [3.8, 4) is 0 Å². The SMILES string of the molecule is O=C(NCc1ccco1)c1cc(Nc2ccc(N3CCCC3)cc2)ncn1. The molecule has 4 rings (SSSR count). The molecule has 0 saturated carbocycles. The van der Waals surface area contributed by atoms with Crippen LogP contribution in [0.5, 0.6) is 0 Å². The van der Waals surface area contributed by atoms with Gasteiger partial charge < -0.3 is 20.0 Å². The Bertz CT molecular complexity index is 887. The molecule has 0 aliphatic carbocycles. The number of hydrogen-bond acceptors (Lipinski definition) is 6. The average Bonchev–Trinajstić information content (AvgIpc) is 3.41. The second kappa shape index (κ2) is 7.90. The van der Waals surface area contributed by atoms with Gasteiger partial charge in [-0.3, -0.25) is 4.79 Å². The first-order valence-corrected chi connectivity index (χ1v) is 9.02. The topological polar surface area (TPSA) is 83.3 Å². The number of furan rings is 1. The molecule has 0 bridgehead atoms. The number of aromatic nitrogens is 2. The molecule has 2 aromatic heterocycles. The Kier molecular flexibility index (Phi) is 5.00. The van der Waals surface area contributed by atoms with Crippen LogP contribution in [0.15, 0.2) is 59.5 Å². The smallest absolute Gasteiger partial charge is 0.270 e. The normalized spacial score (nSPS) is 13.6. The quantitative estimate of drug-likeness (QED) is 0.699. The van der Waals surface area contributed by atoms with Crippen LogP contribution in [-0.4, -0.2) is 29.0 Å². The highest BCUT2D eigenvalue weighted by Crippen LogP contribution is 2.23. The summed E-state index contributed by atoms with van der Waals surface area (Å²) in [6, 6.07) is 13.5. The van der Waals surface area contributed by atoms with Crippen LogP contribution < -0.4 is 15.5 Å². The van der Waals surface area contributed by atoms with E-state index in [2.05, 4.69) is 37.6 Å². The Hall–Kier alpha value is -3.35. The van der Waals surface area contributed by atoms with Gasteiger partial charge in [-0.1, -0.05) is 0 Å². The van der Waals surface area contributed by atoms with E-state index >= 15 is 0 Å². The highest BCUT2D eigenvalue weighted by Gasteiger charge is 2.12. The maximum atomic E-state index is 12.3. The van der Waals surface area contributed by atoms with Crippen LogP contribution in [0.25, 0.3) is 0 Å². The number of carbonyl (C=O) groups excluding carboxylic acids is 1. The Balaban J connectivity index is 1.39. The fraction of sp³-hybridized carbons (Fsp3) is 0.250. The van der Waals surface area contributed by atoms with Crippen molar-refractivity contribution in [3.63, 3.8) is 0 Å². The number of hydrogen-bond donors (Lipinski definition) is 2. The second-order valence-corrected chi connectivity index (χ2v) is 6.42. The zero-order chi connectivity index (χ0) is 18.5. The molecule has 7 heteroatoms. The molecule has 1 fully saturated rings. The first-order chi connectivity index (χ1) is 13.3. The van der Waals surface area contributed by atoms with Crippen LogP contribution in [0, 0.1) is 0 Å².